The Kier molecular flexibility index (Phi) is 5.21. The molecule has 1 aromatic carbocycles. The molecule has 1 saturated heterocycles. The monoisotopic (exact) mass is 396 g/mol. The molecule has 1 aliphatic rings. The number of carbonyl (C=O) groups excluding carboxylic acids is 2. The molecule has 0 atom stereocenters. The minimum Gasteiger partial charge on any atom is -0.339 e. The van der Waals surface area contributed by atoms with E-state index in [2.05, 4.69) is 15.5 Å². The average molecular weight is 396 g/mol. The molecule has 2 aromatic heterocycles. The van der Waals surface area contributed by atoms with Crippen LogP contribution < -0.4 is 5.32 Å². The first kappa shape index (κ1) is 18.4. The minimum absolute atomic E-state index is 0.0962. The van der Waals surface area contributed by atoms with Crippen LogP contribution in [0.1, 0.15) is 41.2 Å². The van der Waals surface area contributed by atoms with Crippen LogP contribution in [0.2, 0.25) is 0 Å². The number of likely N-dealkylation sites (tertiary alicyclic amines) is 1. The van der Waals surface area contributed by atoms with Gasteiger partial charge in [-0.1, -0.05) is 11.2 Å². The van der Waals surface area contributed by atoms with Crippen molar-refractivity contribution in [2.45, 2.75) is 25.7 Å². The molecule has 2 amide bonds. The van der Waals surface area contributed by atoms with E-state index in [1.807, 2.05) is 34.5 Å². The molecule has 0 unspecified atom stereocenters. The smallest absolute Gasteiger partial charge is 0.263 e. The van der Waals surface area contributed by atoms with Crippen molar-refractivity contribution in [1.29, 1.82) is 0 Å². The third-order valence-corrected chi connectivity index (χ3v) is 5.63. The van der Waals surface area contributed by atoms with Crippen molar-refractivity contribution in [1.82, 2.24) is 15.0 Å². The molecule has 3 heterocycles. The van der Waals surface area contributed by atoms with E-state index in [0.717, 1.165) is 29.0 Å². The average Bonchev–Trinajstić information content (AvgIpc) is 3.40. The highest BCUT2D eigenvalue weighted by Gasteiger charge is 2.28. The number of piperidine rings is 1. The molecule has 1 N–H and O–H groups in total. The summed E-state index contributed by atoms with van der Waals surface area (Å²) in [7, 11) is 0. The summed E-state index contributed by atoms with van der Waals surface area (Å²) in [5.74, 6) is 1.29. The van der Waals surface area contributed by atoms with Gasteiger partial charge in [0, 0.05) is 37.2 Å². The van der Waals surface area contributed by atoms with E-state index in [1.165, 1.54) is 18.3 Å². The molecule has 8 heteroatoms. The summed E-state index contributed by atoms with van der Waals surface area (Å²) >= 11 is 1.47. The number of aromatic nitrogens is 2. The van der Waals surface area contributed by atoms with Gasteiger partial charge in [0.25, 0.3) is 5.91 Å². The maximum Gasteiger partial charge on any atom is 0.263 e. The second kappa shape index (κ2) is 7.93. The summed E-state index contributed by atoms with van der Waals surface area (Å²) in [5.41, 5.74) is 1.55. The zero-order valence-corrected chi connectivity index (χ0v) is 16.2. The van der Waals surface area contributed by atoms with Crippen LogP contribution in [-0.4, -0.2) is 39.9 Å². The van der Waals surface area contributed by atoms with Crippen molar-refractivity contribution in [3.8, 4) is 11.4 Å². The molecular formula is C20H20N4O3S. The van der Waals surface area contributed by atoms with Crippen molar-refractivity contribution in [3.63, 3.8) is 0 Å². The lowest BCUT2D eigenvalue weighted by molar-refractivity contribution is -0.114. The number of anilines is 1. The molecule has 0 saturated carbocycles. The highest BCUT2D eigenvalue weighted by Crippen LogP contribution is 2.29. The molecule has 1 fully saturated rings. The molecule has 0 spiro atoms. The second-order valence-electron chi connectivity index (χ2n) is 6.76. The quantitative estimate of drug-likeness (QED) is 0.725. The van der Waals surface area contributed by atoms with Crippen molar-refractivity contribution in [3.05, 3.63) is 52.5 Å². The van der Waals surface area contributed by atoms with E-state index < -0.39 is 0 Å². The van der Waals surface area contributed by atoms with Gasteiger partial charge in [-0.2, -0.15) is 4.98 Å². The van der Waals surface area contributed by atoms with Gasteiger partial charge in [-0.05, 0) is 48.6 Å². The Morgan fingerprint density at radius 1 is 1.18 bits per heavy atom. The van der Waals surface area contributed by atoms with Gasteiger partial charge < -0.3 is 14.7 Å². The van der Waals surface area contributed by atoms with Crippen LogP contribution in [0.15, 0.2) is 46.3 Å². The van der Waals surface area contributed by atoms with Crippen LogP contribution in [0.4, 0.5) is 5.69 Å². The van der Waals surface area contributed by atoms with E-state index >= 15 is 0 Å². The van der Waals surface area contributed by atoms with Gasteiger partial charge in [0.1, 0.15) is 0 Å². The summed E-state index contributed by atoms with van der Waals surface area (Å²) in [6.07, 6.45) is 1.61. The molecule has 0 aliphatic carbocycles. The molecule has 144 valence electrons. The van der Waals surface area contributed by atoms with Gasteiger partial charge in [0.05, 0.1) is 4.88 Å². The highest BCUT2D eigenvalue weighted by atomic mass is 32.1. The summed E-state index contributed by atoms with van der Waals surface area (Å²) < 4.78 is 5.49. The van der Waals surface area contributed by atoms with Crippen LogP contribution in [0.25, 0.3) is 11.4 Å². The van der Waals surface area contributed by atoms with Crippen molar-refractivity contribution in [2.24, 2.45) is 0 Å². The highest BCUT2D eigenvalue weighted by molar-refractivity contribution is 7.12. The predicted molar refractivity (Wildman–Crippen MR) is 106 cm³/mol. The number of hydrogen-bond donors (Lipinski definition) is 1. The van der Waals surface area contributed by atoms with Gasteiger partial charge in [-0.25, -0.2) is 0 Å². The third kappa shape index (κ3) is 3.96. The zero-order valence-electron chi connectivity index (χ0n) is 15.4. The molecular weight excluding hydrogens is 376 g/mol. The lowest BCUT2D eigenvalue weighted by Crippen LogP contribution is -2.37. The molecule has 0 bridgehead atoms. The molecule has 0 radical (unpaired) electrons. The van der Waals surface area contributed by atoms with Gasteiger partial charge in [-0.3, -0.25) is 9.59 Å². The van der Waals surface area contributed by atoms with Gasteiger partial charge >= 0.3 is 0 Å². The van der Waals surface area contributed by atoms with Crippen molar-refractivity contribution in [2.75, 3.05) is 18.4 Å². The number of rotatable bonds is 4. The van der Waals surface area contributed by atoms with Crippen LogP contribution >= 0.6 is 11.3 Å². The fourth-order valence-electron chi connectivity index (χ4n) is 3.31. The number of benzene rings is 1. The van der Waals surface area contributed by atoms with Gasteiger partial charge in [0.2, 0.25) is 17.6 Å². The number of amides is 2. The number of hydrogen-bond acceptors (Lipinski definition) is 6. The zero-order chi connectivity index (χ0) is 19.5. The lowest BCUT2D eigenvalue weighted by Gasteiger charge is -2.30. The Hall–Kier alpha value is -3.00. The van der Waals surface area contributed by atoms with Crippen molar-refractivity contribution < 1.29 is 14.1 Å². The normalized spacial score (nSPS) is 14.8. The van der Waals surface area contributed by atoms with E-state index in [1.54, 1.807) is 12.1 Å². The largest absolute Gasteiger partial charge is 0.339 e. The van der Waals surface area contributed by atoms with Crippen LogP contribution in [0.5, 0.6) is 0 Å². The Morgan fingerprint density at radius 2 is 1.93 bits per heavy atom. The van der Waals surface area contributed by atoms with Gasteiger partial charge in [0.15, 0.2) is 0 Å². The SMILES string of the molecule is CC(=O)Nc1ccc(-c2noc(C3CCN(C(=O)c4cccs4)CC3)n2)cc1. The molecule has 4 rings (SSSR count). The standard InChI is InChI=1S/C20H20N4O3S/c1-13(25)21-16-6-4-14(5-7-16)18-22-19(27-23-18)15-8-10-24(11-9-15)20(26)17-3-2-12-28-17/h2-7,12,15H,8-11H2,1H3,(H,21,25). The van der Waals surface area contributed by atoms with E-state index in [-0.39, 0.29) is 17.7 Å². The first-order valence-electron chi connectivity index (χ1n) is 9.14. The fraction of sp³-hybridized carbons (Fsp3) is 0.300. The number of carbonyl (C=O) groups is 2. The molecule has 7 nitrogen and oxygen atoms in total. The Labute approximate surface area is 166 Å². The minimum atomic E-state index is -0.113. The van der Waals surface area contributed by atoms with Crippen LogP contribution in [0.3, 0.4) is 0 Å². The van der Waals surface area contributed by atoms with E-state index in [4.69, 9.17) is 4.52 Å². The Bertz CT molecular complexity index is 958. The predicted octanol–water partition coefficient (Wildman–Crippen LogP) is 3.78. The first-order chi connectivity index (χ1) is 13.6. The molecule has 3 aromatic rings. The topological polar surface area (TPSA) is 88.3 Å². The Balaban J connectivity index is 1.38. The number of nitrogens with zero attached hydrogens (tertiary/aromatic N) is 3. The van der Waals surface area contributed by atoms with Gasteiger partial charge in [-0.15, -0.1) is 11.3 Å². The molecule has 1 aliphatic heterocycles. The Morgan fingerprint density at radius 3 is 2.57 bits per heavy atom. The lowest BCUT2D eigenvalue weighted by atomic mass is 9.96. The number of thiophene rings is 1. The summed E-state index contributed by atoms with van der Waals surface area (Å²) in [6, 6.07) is 11.1. The third-order valence-electron chi connectivity index (χ3n) is 4.77. The maximum atomic E-state index is 12.4. The maximum absolute atomic E-state index is 12.4. The number of nitrogens with one attached hydrogen (secondary N) is 1. The van der Waals surface area contributed by atoms with Crippen LogP contribution in [-0.2, 0) is 4.79 Å². The van der Waals surface area contributed by atoms with E-state index in [9.17, 15) is 9.59 Å². The summed E-state index contributed by atoms with van der Waals surface area (Å²) in [5, 5.41) is 8.74. The molecule has 28 heavy (non-hydrogen) atoms. The van der Waals surface area contributed by atoms with Crippen LogP contribution in [0, 0.1) is 0 Å². The summed E-state index contributed by atoms with van der Waals surface area (Å²) in [4.78, 5) is 30.8. The van der Waals surface area contributed by atoms with E-state index in [0.29, 0.717) is 24.8 Å². The fourth-order valence-corrected chi connectivity index (χ4v) is 4.00. The first-order valence-corrected chi connectivity index (χ1v) is 10.0. The van der Waals surface area contributed by atoms with Crippen molar-refractivity contribution >= 4 is 28.8 Å². The second-order valence-corrected chi connectivity index (χ2v) is 7.71. The summed E-state index contributed by atoms with van der Waals surface area (Å²) in [6.45, 7) is 2.84.